The summed E-state index contributed by atoms with van der Waals surface area (Å²) in [6.07, 6.45) is 0.692. The predicted molar refractivity (Wildman–Crippen MR) is 81.0 cm³/mol. The van der Waals surface area contributed by atoms with E-state index in [1.807, 2.05) is 0 Å². The molecule has 1 aromatic heterocycles. The van der Waals surface area contributed by atoms with Crippen molar-refractivity contribution in [3.05, 3.63) is 58.8 Å². The molecule has 2 aromatic rings. The fourth-order valence-electron chi connectivity index (χ4n) is 2.70. The average molecular weight is 316 g/mol. The van der Waals surface area contributed by atoms with Crippen molar-refractivity contribution in [1.29, 1.82) is 0 Å². The number of hydrogen-bond donors (Lipinski definition) is 2. The Bertz CT molecular complexity index is 752. The predicted octanol–water partition coefficient (Wildman–Crippen LogP) is 2.60. The number of hydrazine groups is 1. The molecule has 1 aromatic carbocycles. The van der Waals surface area contributed by atoms with Gasteiger partial charge in [-0.1, -0.05) is 12.1 Å². The van der Waals surface area contributed by atoms with E-state index in [1.165, 1.54) is 12.1 Å². The highest BCUT2D eigenvalue weighted by Gasteiger charge is 2.44. The molecule has 2 unspecified atom stereocenters. The van der Waals surface area contributed by atoms with E-state index in [9.17, 15) is 14.0 Å². The number of hydrogen-bond acceptors (Lipinski definition) is 3. The maximum atomic E-state index is 12.9. The molecule has 2 atom stereocenters. The van der Waals surface area contributed by atoms with Gasteiger partial charge in [0.2, 0.25) is 5.91 Å². The van der Waals surface area contributed by atoms with Gasteiger partial charge in [-0.05, 0) is 49.9 Å². The lowest BCUT2D eigenvalue weighted by Crippen LogP contribution is -2.42. The highest BCUT2D eigenvalue weighted by Crippen LogP contribution is 2.47. The second kappa shape index (κ2) is 5.87. The zero-order valence-corrected chi connectivity index (χ0v) is 12.9. The minimum atomic E-state index is -0.410. The lowest BCUT2D eigenvalue weighted by molar-refractivity contribution is -0.123. The van der Waals surface area contributed by atoms with Crippen molar-refractivity contribution in [3.8, 4) is 0 Å². The molecule has 1 aliphatic rings. The van der Waals surface area contributed by atoms with E-state index >= 15 is 0 Å². The van der Waals surface area contributed by atoms with E-state index in [2.05, 4.69) is 10.9 Å². The Morgan fingerprint density at radius 3 is 2.48 bits per heavy atom. The van der Waals surface area contributed by atoms with Gasteiger partial charge in [0, 0.05) is 5.92 Å². The van der Waals surface area contributed by atoms with Gasteiger partial charge in [-0.25, -0.2) is 4.39 Å². The number of halogens is 1. The number of aryl methyl sites for hydroxylation is 2. The molecule has 1 aliphatic carbocycles. The van der Waals surface area contributed by atoms with Crippen molar-refractivity contribution in [3.63, 3.8) is 0 Å². The molecule has 2 N–H and O–H groups in total. The summed E-state index contributed by atoms with van der Waals surface area (Å²) in [5.41, 5.74) is 6.16. The van der Waals surface area contributed by atoms with Gasteiger partial charge in [-0.15, -0.1) is 0 Å². The van der Waals surface area contributed by atoms with Crippen LogP contribution in [0.3, 0.4) is 0 Å². The first kappa shape index (κ1) is 15.3. The first-order valence-corrected chi connectivity index (χ1v) is 7.38. The van der Waals surface area contributed by atoms with Crippen LogP contribution in [0.4, 0.5) is 4.39 Å². The Morgan fingerprint density at radius 2 is 1.87 bits per heavy atom. The van der Waals surface area contributed by atoms with E-state index in [1.54, 1.807) is 32.0 Å². The molecule has 0 spiro atoms. The SMILES string of the molecule is Cc1cc(C(=O)NNC(=O)C2CC2c2ccc(F)cc2)c(C)o1. The summed E-state index contributed by atoms with van der Waals surface area (Å²) in [7, 11) is 0. The summed E-state index contributed by atoms with van der Waals surface area (Å²) in [6.45, 7) is 3.44. The molecule has 0 aliphatic heterocycles. The summed E-state index contributed by atoms with van der Waals surface area (Å²) >= 11 is 0. The normalized spacial score (nSPS) is 19.3. The maximum absolute atomic E-state index is 12.9. The molecule has 1 heterocycles. The van der Waals surface area contributed by atoms with Gasteiger partial charge in [-0.3, -0.25) is 20.4 Å². The van der Waals surface area contributed by atoms with Crippen LogP contribution in [0.25, 0.3) is 0 Å². The molecule has 6 heteroatoms. The van der Waals surface area contributed by atoms with Gasteiger partial charge in [0.05, 0.1) is 5.56 Å². The largest absolute Gasteiger partial charge is 0.466 e. The minimum absolute atomic E-state index is 0.0745. The average Bonchev–Trinajstić information content (AvgIpc) is 3.24. The number of nitrogens with one attached hydrogen (secondary N) is 2. The third kappa shape index (κ3) is 3.26. The smallest absolute Gasteiger partial charge is 0.273 e. The summed E-state index contributed by atoms with van der Waals surface area (Å²) in [4.78, 5) is 24.0. The quantitative estimate of drug-likeness (QED) is 0.855. The minimum Gasteiger partial charge on any atom is -0.466 e. The van der Waals surface area contributed by atoms with Crippen molar-refractivity contribution < 1.29 is 18.4 Å². The van der Waals surface area contributed by atoms with Crippen LogP contribution in [0.5, 0.6) is 0 Å². The van der Waals surface area contributed by atoms with Gasteiger partial charge < -0.3 is 4.42 Å². The van der Waals surface area contributed by atoms with Crippen LogP contribution in [-0.2, 0) is 4.79 Å². The summed E-state index contributed by atoms with van der Waals surface area (Å²) in [6, 6.07) is 7.75. The van der Waals surface area contributed by atoms with E-state index in [-0.39, 0.29) is 23.6 Å². The van der Waals surface area contributed by atoms with E-state index < -0.39 is 5.91 Å². The monoisotopic (exact) mass is 316 g/mol. The maximum Gasteiger partial charge on any atom is 0.273 e. The number of carbonyl (C=O) groups excluding carboxylic acids is 2. The molecular formula is C17H17FN2O3. The summed E-state index contributed by atoms with van der Waals surface area (Å²) in [5, 5.41) is 0. The zero-order chi connectivity index (χ0) is 16.6. The standard InChI is InChI=1S/C17H17FN2O3/c1-9-7-13(10(2)23-9)16(21)19-20-17(22)15-8-14(15)11-3-5-12(18)6-4-11/h3-7,14-15H,8H2,1-2H3,(H,19,21)(H,20,22). The molecular weight excluding hydrogens is 299 g/mol. The van der Waals surface area contributed by atoms with Crippen molar-refractivity contribution in [2.45, 2.75) is 26.2 Å². The zero-order valence-electron chi connectivity index (χ0n) is 12.9. The Kier molecular flexibility index (Phi) is 3.90. The third-order valence-corrected chi connectivity index (χ3v) is 4.01. The number of carbonyl (C=O) groups is 2. The van der Waals surface area contributed by atoms with Crippen LogP contribution in [0.2, 0.25) is 0 Å². The van der Waals surface area contributed by atoms with E-state index in [0.717, 1.165) is 5.56 Å². The molecule has 23 heavy (non-hydrogen) atoms. The molecule has 2 amide bonds. The number of amides is 2. The van der Waals surface area contributed by atoms with Crippen molar-refractivity contribution in [2.24, 2.45) is 5.92 Å². The van der Waals surface area contributed by atoms with Gasteiger partial charge in [-0.2, -0.15) is 0 Å². The van der Waals surface area contributed by atoms with Crippen LogP contribution < -0.4 is 10.9 Å². The number of furan rings is 1. The molecule has 120 valence electrons. The van der Waals surface area contributed by atoms with Gasteiger partial charge in [0.15, 0.2) is 0 Å². The van der Waals surface area contributed by atoms with Gasteiger partial charge in [0.25, 0.3) is 5.91 Å². The highest BCUT2D eigenvalue weighted by molar-refractivity contribution is 5.96. The lowest BCUT2D eigenvalue weighted by atomic mass is 10.1. The Balaban J connectivity index is 1.54. The second-order valence-corrected chi connectivity index (χ2v) is 5.77. The van der Waals surface area contributed by atoms with Crippen LogP contribution in [0, 0.1) is 25.6 Å². The number of rotatable bonds is 3. The molecule has 0 radical (unpaired) electrons. The Labute approximate surface area is 132 Å². The van der Waals surface area contributed by atoms with Crippen molar-refractivity contribution in [2.75, 3.05) is 0 Å². The number of benzene rings is 1. The lowest BCUT2D eigenvalue weighted by Gasteiger charge is -2.06. The van der Waals surface area contributed by atoms with Crippen LogP contribution in [-0.4, -0.2) is 11.8 Å². The fraction of sp³-hybridized carbons (Fsp3) is 0.294. The van der Waals surface area contributed by atoms with Crippen molar-refractivity contribution in [1.82, 2.24) is 10.9 Å². The highest BCUT2D eigenvalue weighted by atomic mass is 19.1. The molecule has 1 saturated carbocycles. The van der Waals surface area contributed by atoms with E-state index in [4.69, 9.17) is 4.42 Å². The molecule has 0 saturated heterocycles. The summed E-state index contributed by atoms with van der Waals surface area (Å²) < 4.78 is 18.2. The fourth-order valence-corrected chi connectivity index (χ4v) is 2.70. The topological polar surface area (TPSA) is 71.3 Å². The molecule has 0 bridgehead atoms. The van der Waals surface area contributed by atoms with E-state index in [0.29, 0.717) is 23.5 Å². The molecule has 5 nitrogen and oxygen atoms in total. The van der Waals surface area contributed by atoms with Crippen LogP contribution in [0.15, 0.2) is 34.7 Å². The second-order valence-electron chi connectivity index (χ2n) is 5.77. The molecule has 1 fully saturated rings. The Morgan fingerprint density at radius 1 is 1.17 bits per heavy atom. The first-order chi connectivity index (χ1) is 11.0. The van der Waals surface area contributed by atoms with Crippen LogP contribution in [0.1, 0.15) is 39.8 Å². The van der Waals surface area contributed by atoms with Gasteiger partial charge in [0.1, 0.15) is 17.3 Å². The van der Waals surface area contributed by atoms with Crippen molar-refractivity contribution >= 4 is 11.8 Å². The molecule has 3 rings (SSSR count). The first-order valence-electron chi connectivity index (χ1n) is 7.38. The Hall–Kier alpha value is -2.63. The van der Waals surface area contributed by atoms with Crippen LogP contribution >= 0.6 is 0 Å². The van der Waals surface area contributed by atoms with Gasteiger partial charge >= 0.3 is 0 Å². The summed E-state index contributed by atoms with van der Waals surface area (Å²) in [5.74, 6) is 0.0615. The third-order valence-electron chi connectivity index (χ3n) is 4.01.